The van der Waals surface area contributed by atoms with Crippen LogP contribution < -0.4 is 14.4 Å². The number of sulfonamides is 1. The third-order valence-electron chi connectivity index (χ3n) is 5.60. The Morgan fingerprint density at radius 1 is 1.03 bits per heavy atom. The van der Waals surface area contributed by atoms with Crippen LogP contribution in [0.25, 0.3) is 0 Å². The van der Waals surface area contributed by atoms with Gasteiger partial charge in [0, 0.05) is 12.1 Å². The Morgan fingerprint density at radius 2 is 1.64 bits per heavy atom. The van der Waals surface area contributed by atoms with Crippen molar-refractivity contribution in [1.29, 1.82) is 0 Å². The molecular weight excluding hydrogens is 478 g/mol. The van der Waals surface area contributed by atoms with Gasteiger partial charge in [0.2, 0.25) is 21.8 Å². The molecular formula is C27H39N3O5S. The Kier molecular flexibility index (Phi) is 9.93. The summed E-state index contributed by atoms with van der Waals surface area (Å²) in [6.45, 7) is 11.5. The zero-order valence-corrected chi connectivity index (χ0v) is 23.2. The van der Waals surface area contributed by atoms with Crippen molar-refractivity contribution in [2.45, 2.75) is 66.1 Å². The minimum absolute atomic E-state index is 0.183. The van der Waals surface area contributed by atoms with E-state index in [1.807, 2.05) is 65.8 Å². The van der Waals surface area contributed by atoms with Gasteiger partial charge in [0.1, 0.15) is 18.3 Å². The van der Waals surface area contributed by atoms with E-state index in [0.29, 0.717) is 24.5 Å². The Balaban J connectivity index is 2.45. The number of anilines is 1. The van der Waals surface area contributed by atoms with Crippen molar-refractivity contribution in [1.82, 2.24) is 10.2 Å². The smallest absolute Gasteiger partial charge is 0.244 e. The van der Waals surface area contributed by atoms with Gasteiger partial charge in [-0.3, -0.25) is 13.9 Å². The summed E-state index contributed by atoms with van der Waals surface area (Å²) in [4.78, 5) is 28.4. The van der Waals surface area contributed by atoms with Crippen LogP contribution in [-0.2, 0) is 26.2 Å². The highest BCUT2D eigenvalue weighted by Crippen LogP contribution is 2.23. The molecule has 2 aromatic carbocycles. The lowest BCUT2D eigenvalue weighted by atomic mass is 10.0. The van der Waals surface area contributed by atoms with Crippen LogP contribution in [0.1, 0.15) is 52.2 Å². The Bertz CT molecular complexity index is 1140. The fraction of sp³-hybridized carbons (Fsp3) is 0.481. The zero-order valence-electron chi connectivity index (χ0n) is 22.4. The second-order valence-electron chi connectivity index (χ2n) is 9.81. The van der Waals surface area contributed by atoms with Crippen molar-refractivity contribution in [3.63, 3.8) is 0 Å². The standard InChI is InChI=1S/C27H39N3O5S/c1-8-24(26(32)28-27(4,5)6)29(18-21-13-11-10-12-20(21)3)25(31)19-30(36(7,33)34)22-14-16-23(17-15-22)35-9-2/h10-17,24H,8-9,18-19H2,1-7H3,(H,28,32). The predicted molar refractivity (Wildman–Crippen MR) is 144 cm³/mol. The van der Waals surface area contributed by atoms with Gasteiger partial charge in [0.25, 0.3) is 0 Å². The molecule has 1 unspecified atom stereocenters. The number of benzene rings is 2. The molecule has 36 heavy (non-hydrogen) atoms. The van der Waals surface area contributed by atoms with Crippen LogP contribution in [0.2, 0.25) is 0 Å². The third kappa shape index (κ3) is 8.26. The molecule has 0 heterocycles. The van der Waals surface area contributed by atoms with E-state index in [0.717, 1.165) is 21.7 Å². The third-order valence-corrected chi connectivity index (χ3v) is 6.74. The summed E-state index contributed by atoms with van der Waals surface area (Å²) >= 11 is 0. The largest absolute Gasteiger partial charge is 0.494 e. The van der Waals surface area contributed by atoms with Gasteiger partial charge in [-0.05, 0) is 76.4 Å². The molecule has 0 aliphatic carbocycles. The molecule has 2 amide bonds. The van der Waals surface area contributed by atoms with Crippen molar-refractivity contribution in [3.8, 4) is 5.75 Å². The second kappa shape index (κ2) is 12.3. The summed E-state index contributed by atoms with van der Waals surface area (Å²) in [5.74, 6) is -0.139. The number of hydrogen-bond acceptors (Lipinski definition) is 5. The molecule has 0 saturated carbocycles. The van der Waals surface area contributed by atoms with Crippen molar-refractivity contribution in [3.05, 3.63) is 59.7 Å². The number of rotatable bonds is 11. The first-order chi connectivity index (χ1) is 16.8. The lowest BCUT2D eigenvalue weighted by Crippen LogP contribution is -2.55. The maximum Gasteiger partial charge on any atom is 0.244 e. The van der Waals surface area contributed by atoms with Crippen LogP contribution in [0.5, 0.6) is 5.75 Å². The molecule has 2 aromatic rings. The molecule has 0 saturated heterocycles. The average Bonchev–Trinajstić information content (AvgIpc) is 2.77. The van der Waals surface area contributed by atoms with Crippen molar-refractivity contribution >= 4 is 27.5 Å². The van der Waals surface area contributed by atoms with Gasteiger partial charge >= 0.3 is 0 Å². The number of aryl methyl sites for hydroxylation is 1. The normalized spacial score (nSPS) is 12.5. The molecule has 0 aliphatic rings. The topological polar surface area (TPSA) is 96.0 Å². The van der Waals surface area contributed by atoms with Gasteiger partial charge in [-0.25, -0.2) is 8.42 Å². The zero-order chi connectivity index (χ0) is 27.1. The lowest BCUT2D eigenvalue weighted by Gasteiger charge is -2.34. The van der Waals surface area contributed by atoms with Crippen molar-refractivity contribution < 1.29 is 22.7 Å². The molecule has 1 atom stereocenters. The van der Waals surface area contributed by atoms with Gasteiger partial charge in [-0.1, -0.05) is 31.2 Å². The van der Waals surface area contributed by atoms with Gasteiger partial charge < -0.3 is 15.0 Å². The lowest BCUT2D eigenvalue weighted by molar-refractivity contribution is -0.141. The summed E-state index contributed by atoms with van der Waals surface area (Å²) in [7, 11) is -3.79. The number of ether oxygens (including phenoxy) is 1. The quantitative estimate of drug-likeness (QED) is 0.488. The number of nitrogens with one attached hydrogen (secondary N) is 1. The number of amides is 2. The number of hydrogen-bond donors (Lipinski definition) is 1. The van der Waals surface area contributed by atoms with Gasteiger partial charge in [0.05, 0.1) is 18.6 Å². The van der Waals surface area contributed by atoms with Crippen molar-refractivity contribution in [2.75, 3.05) is 23.7 Å². The summed E-state index contributed by atoms with van der Waals surface area (Å²) in [6.07, 6.45) is 1.44. The van der Waals surface area contributed by atoms with E-state index in [1.165, 1.54) is 4.90 Å². The molecule has 2 rings (SSSR count). The fourth-order valence-electron chi connectivity index (χ4n) is 3.83. The highest BCUT2D eigenvalue weighted by molar-refractivity contribution is 7.92. The number of nitrogens with zero attached hydrogens (tertiary/aromatic N) is 2. The van der Waals surface area contributed by atoms with E-state index in [2.05, 4.69) is 5.32 Å². The maximum absolute atomic E-state index is 13.7. The minimum atomic E-state index is -3.79. The van der Waals surface area contributed by atoms with Gasteiger partial charge in [-0.2, -0.15) is 0 Å². The molecule has 0 fully saturated rings. The summed E-state index contributed by atoms with van der Waals surface area (Å²) in [5.41, 5.74) is 1.73. The van der Waals surface area contributed by atoms with Gasteiger partial charge in [0.15, 0.2) is 0 Å². The molecule has 0 spiro atoms. The molecule has 0 radical (unpaired) electrons. The molecule has 0 bridgehead atoms. The van der Waals surface area contributed by atoms with Crippen molar-refractivity contribution in [2.24, 2.45) is 0 Å². The highest BCUT2D eigenvalue weighted by atomic mass is 32.2. The average molecular weight is 518 g/mol. The predicted octanol–water partition coefficient (Wildman–Crippen LogP) is 3.88. The minimum Gasteiger partial charge on any atom is -0.494 e. The van der Waals surface area contributed by atoms with Crippen LogP contribution in [-0.4, -0.2) is 56.1 Å². The van der Waals surface area contributed by atoms with Crippen LogP contribution in [0.4, 0.5) is 5.69 Å². The number of carbonyl (C=O) groups excluding carboxylic acids is 2. The van der Waals surface area contributed by atoms with E-state index < -0.39 is 34.1 Å². The highest BCUT2D eigenvalue weighted by Gasteiger charge is 2.33. The van der Waals surface area contributed by atoms with Crippen LogP contribution in [0.15, 0.2) is 48.5 Å². The molecule has 1 N–H and O–H groups in total. The summed E-state index contributed by atoms with van der Waals surface area (Å²) in [6, 6.07) is 13.4. The Hall–Kier alpha value is -3.07. The van der Waals surface area contributed by atoms with Crippen LogP contribution >= 0.6 is 0 Å². The number of carbonyl (C=O) groups is 2. The fourth-order valence-corrected chi connectivity index (χ4v) is 4.68. The van der Waals surface area contributed by atoms with E-state index in [1.54, 1.807) is 24.3 Å². The first-order valence-corrected chi connectivity index (χ1v) is 14.0. The maximum atomic E-state index is 13.7. The molecule has 198 valence electrons. The first-order valence-electron chi connectivity index (χ1n) is 12.1. The second-order valence-corrected chi connectivity index (χ2v) is 11.7. The van der Waals surface area contributed by atoms with E-state index in [-0.39, 0.29) is 12.5 Å². The molecule has 0 aromatic heterocycles. The monoisotopic (exact) mass is 517 g/mol. The van der Waals surface area contributed by atoms with Crippen LogP contribution in [0.3, 0.4) is 0 Å². The van der Waals surface area contributed by atoms with Gasteiger partial charge in [-0.15, -0.1) is 0 Å². The van der Waals surface area contributed by atoms with E-state index in [4.69, 9.17) is 4.74 Å². The Morgan fingerprint density at radius 3 is 2.14 bits per heavy atom. The molecule has 8 nitrogen and oxygen atoms in total. The SMILES string of the molecule is CCOc1ccc(N(CC(=O)N(Cc2ccccc2C)C(CC)C(=O)NC(C)(C)C)S(C)(=O)=O)cc1. The summed E-state index contributed by atoms with van der Waals surface area (Å²) in [5, 5.41) is 2.96. The molecule has 0 aliphatic heterocycles. The molecule has 9 heteroatoms. The summed E-state index contributed by atoms with van der Waals surface area (Å²) < 4.78 is 31.9. The van der Waals surface area contributed by atoms with E-state index >= 15 is 0 Å². The Labute approximate surface area is 215 Å². The first kappa shape index (κ1) is 29.2. The van der Waals surface area contributed by atoms with E-state index in [9.17, 15) is 18.0 Å². The van der Waals surface area contributed by atoms with Crippen LogP contribution in [0, 0.1) is 6.92 Å².